The van der Waals surface area contributed by atoms with Crippen LogP contribution >= 0.6 is 0 Å². The molecular weight excluding hydrogens is 186 g/mol. The number of rotatable bonds is 0. The van der Waals surface area contributed by atoms with Crippen LogP contribution in [0.5, 0.6) is 0 Å². The molecule has 1 heterocycles. The molecule has 3 atom stereocenters. The van der Waals surface area contributed by atoms with Crippen molar-refractivity contribution in [3.05, 3.63) is 11.6 Å². The summed E-state index contributed by atoms with van der Waals surface area (Å²) < 4.78 is 0. The third-order valence-electron chi connectivity index (χ3n) is 4.30. The topological polar surface area (TPSA) is 29.1 Å². The Morgan fingerprint density at radius 3 is 3.13 bits per heavy atom. The first kappa shape index (κ1) is 9.59. The Kier molecular flexibility index (Phi) is 2.39. The fourth-order valence-corrected chi connectivity index (χ4v) is 3.55. The van der Waals surface area contributed by atoms with Gasteiger partial charge in [-0.2, -0.15) is 0 Å². The van der Waals surface area contributed by atoms with E-state index >= 15 is 0 Å². The molecule has 0 aromatic carbocycles. The van der Waals surface area contributed by atoms with Crippen LogP contribution < -0.4 is 5.32 Å². The number of fused-ring (bicyclic) bond motifs is 2. The second-order valence-corrected chi connectivity index (χ2v) is 5.22. The van der Waals surface area contributed by atoms with Crippen molar-refractivity contribution >= 4 is 5.78 Å². The van der Waals surface area contributed by atoms with E-state index in [4.69, 9.17) is 0 Å². The number of nitrogens with one attached hydrogen (secondary N) is 1. The average molecular weight is 205 g/mol. The molecule has 1 saturated heterocycles. The van der Waals surface area contributed by atoms with Crippen LogP contribution in [0.15, 0.2) is 11.6 Å². The summed E-state index contributed by atoms with van der Waals surface area (Å²) >= 11 is 0. The molecule has 2 fully saturated rings. The summed E-state index contributed by atoms with van der Waals surface area (Å²) in [5.41, 5.74) is 1.16. The summed E-state index contributed by atoms with van der Waals surface area (Å²) in [7, 11) is 0. The lowest BCUT2D eigenvalue weighted by Gasteiger charge is -2.41. The molecule has 0 amide bonds. The van der Waals surface area contributed by atoms with Gasteiger partial charge in [-0.15, -0.1) is 0 Å². The zero-order chi connectivity index (χ0) is 10.3. The maximum atomic E-state index is 12.3. The minimum atomic E-state index is 0.166. The van der Waals surface area contributed by atoms with Crippen molar-refractivity contribution in [3.8, 4) is 0 Å². The molecule has 0 radical (unpaired) electrons. The Balaban J connectivity index is 1.87. The van der Waals surface area contributed by atoms with Crippen molar-refractivity contribution in [1.82, 2.24) is 5.32 Å². The van der Waals surface area contributed by atoms with Gasteiger partial charge in [-0.1, -0.05) is 6.08 Å². The number of carbonyl (C=O) groups is 1. The van der Waals surface area contributed by atoms with Crippen molar-refractivity contribution in [2.45, 2.75) is 44.6 Å². The number of Topliss-reactive ketones (excluding diaryl/α,β-unsaturated/α-hetero) is 1. The number of carbonyl (C=O) groups excluding carboxylic acids is 1. The van der Waals surface area contributed by atoms with Gasteiger partial charge in [0.15, 0.2) is 5.78 Å². The maximum absolute atomic E-state index is 12.3. The van der Waals surface area contributed by atoms with Crippen molar-refractivity contribution in [1.29, 1.82) is 0 Å². The van der Waals surface area contributed by atoms with Gasteiger partial charge in [-0.3, -0.25) is 4.79 Å². The summed E-state index contributed by atoms with van der Waals surface area (Å²) in [6, 6.07) is 0.166. The molecule has 0 aromatic heterocycles. The molecule has 0 aromatic rings. The molecule has 2 nitrogen and oxygen atoms in total. The molecule has 3 rings (SSSR count). The minimum absolute atomic E-state index is 0.166. The van der Waals surface area contributed by atoms with E-state index in [0.717, 1.165) is 18.5 Å². The largest absolute Gasteiger partial charge is 0.307 e. The number of ketones is 1. The first-order valence-electron chi connectivity index (χ1n) is 6.34. The normalized spacial score (nSPS) is 40.4. The van der Waals surface area contributed by atoms with Crippen molar-refractivity contribution in [3.63, 3.8) is 0 Å². The van der Waals surface area contributed by atoms with E-state index < -0.39 is 0 Å². The van der Waals surface area contributed by atoms with Crippen LogP contribution in [-0.2, 0) is 4.79 Å². The van der Waals surface area contributed by atoms with Crippen molar-refractivity contribution < 1.29 is 4.79 Å². The number of hydrogen-bond acceptors (Lipinski definition) is 2. The SMILES string of the molecule is O=C1C2=CCCCC2CC2CCCNC12. The van der Waals surface area contributed by atoms with Crippen molar-refractivity contribution in [2.24, 2.45) is 11.8 Å². The minimum Gasteiger partial charge on any atom is -0.307 e. The standard InChI is InChI=1S/C13H19NO/c15-13-11-6-2-1-4-9(11)8-10-5-3-7-14-12(10)13/h6,9-10,12,14H,1-5,7-8H2. The van der Waals surface area contributed by atoms with Gasteiger partial charge in [0.2, 0.25) is 0 Å². The highest BCUT2D eigenvalue weighted by Crippen LogP contribution is 2.40. The van der Waals surface area contributed by atoms with Crippen LogP contribution in [-0.4, -0.2) is 18.4 Å². The second kappa shape index (κ2) is 3.75. The van der Waals surface area contributed by atoms with Gasteiger partial charge in [-0.05, 0) is 62.5 Å². The van der Waals surface area contributed by atoms with Gasteiger partial charge in [0.25, 0.3) is 0 Å². The monoisotopic (exact) mass is 205 g/mol. The lowest BCUT2D eigenvalue weighted by atomic mass is 9.68. The molecule has 3 unspecified atom stereocenters. The van der Waals surface area contributed by atoms with Gasteiger partial charge in [0, 0.05) is 0 Å². The van der Waals surface area contributed by atoms with Gasteiger partial charge >= 0.3 is 0 Å². The van der Waals surface area contributed by atoms with E-state index in [1.807, 2.05) is 0 Å². The average Bonchev–Trinajstić information content (AvgIpc) is 2.30. The Labute approximate surface area is 91.1 Å². The Bertz CT molecular complexity index is 308. The predicted octanol–water partition coefficient (Wildman–Crippen LogP) is 2.05. The summed E-state index contributed by atoms with van der Waals surface area (Å²) in [6.45, 7) is 1.03. The third kappa shape index (κ3) is 1.55. The lowest BCUT2D eigenvalue weighted by Crippen LogP contribution is -2.52. The quantitative estimate of drug-likeness (QED) is 0.656. The van der Waals surface area contributed by atoms with E-state index in [9.17, 15) is 4.79 Å². The molecule has 15 heavy (non-hydrogen) atoms. The Morgan fingerprint density at radius 2 is 2.20 bits per heavy atom. The predicted molar refractivity (Wildman–Crippen MR) is 59.6 cm³/mol. The van der Waals surface area contributed by atoms with Crippen LogP contribution in [0, 0.1) is 11.8 Å². The number of piperidine rings is 1. The first-order chi connectivity index (χ1) is 7.36. The summed E-state index contributed by atoms with van der Waals surface area (Å²) in [5, 5.41) is 3.41. The molecule has 1 saturated carbocycles. The van der Waals surface area contributed by atoms with Crippen LogP contribution in [0.2, 0.25) is 0 Å². The van der Waals surface area contributed by atoms with Crippen LogP contribution in [0.25, 0.3) is 0 Å². The van der Waals surface area contributed by atoms with Crippen LogP contribution in [0.1, 0.15) is 38.5 Å². The highest BCUT2D eigenvalue weighted by Gasteiger charge is 2.41. The molecule has 2 heteroatoms. The van der Waals surface area contributed by atoms with Crippen LogP contribution in [0.4, 0.5) is 0 Å². The Hall–Kier alpha value is -0.630. The molecular formula is C13H19NO. The number of allylic oxidation sites excluding steroid dienone is 1. The molecule has 82 valence electrons. The molecule has 0 spiro atoms. The highest BCUT2D eigenvalue weighted by atomic mass is 16.1. The van der Waals surface area contributed by atoms with Gasteiger partial charge in [-0.25, -0.2) is 0 Å². The van der Waals surface area contributed by atoms with Crippen molar-refractivity contribution in [2.75, 3.05) is 6.54 Å². The third-order valence-corrected chi connectivity index (χ3v) is 4.30. The zero-order valence-corrected chi connectivity index (χ0v) is 9.17. The maximum Gasteiger partial charge on any atom is 0.175 e. The Morgan fingerprint density at radius 1 is 1.27 bits per heavy atom. The fraction of sp³-hybridized carbons (Fsp3) is 0.769. The molecule has 1 aliphatic heterocycles. The lowest BCUT2D eigenvalue weighted by molar-refractivity contribution is -0.121. The van der Waals surface area contributed by atoms with Gasteiger partial charge in [0.05, 0.1) is 6.04 Å². The molecule has 1 N–H and O–H groups in total. The van der Waals surface area contributed by atoms with Crippen LogP contribution in [0.3, 0.4) is 0 Å². The first-order valence-corrected chi connectivity index (χ1v) is 6.34. The number of hydrogen-bond donors (Lipinski definition) is 1. The van der Waals surface area contributed by atoms with E-state index in [2.05, 4.69) is 11.4 Å². The summed E-state index contributed by atoms with van der Waals surface area (Å²) in [4.78, 5) is 12.3. The summed E-state index contributed by atoms with van der Waals surface area (Å²) in [6.07, 6.45) is 9.63. The summed E-state index contributed by atoms with van der Waals surface area (Å²) in [5.74, 6) is 1.66. The smallest absolute Gasteiger partial charge is 0.175 e. The molecule has 2 aliphatic carbocycles. The highest BCUT2D eigenvalue weighted by molar-refractivity contribution is 6.01. The van der Waals surface area contributed by atoms with E-state index in [1.165, 1.54) is 32.1 Å². The van der Waals surface area contributed by atoms with E-state index in [0.29, 0.717) is 17.6 Å². The van der Waals surface area contributed by atoms with Gasteiger partial charge in [0.1, 0.15) is 0 Å². The molecule has 0 bridgehead atoms. The van der Waals surface area contributed by atoms with E-state index in [1.54, 1.807) is 0 Å². The zero-order valence-electron chi connectivity index (χ0n) is 9.17. The second-order valence-electron chi connectivity index (χ2n) is 5.22. The van der Waals surface area contributed by atoms with Gasteiger partial charge < -0.3 is 5.32 Å². The fourth-order valence-electron chi connectivity index (χ4n) is 3.55. The van der Waals surface area contributed by atoms with E-state index in [-0.39, 0.29) is 6.04 Å². The molecule has 3 aliphatic rings.